The number of unbranched alkanes of at least 4 members (excludes halogenated alkanes) is 1. The molecule has 0 aliphatic carbocycles. The van der Waals surface area contributed by atoms with Gasteiger partial charge in [-0.2, -0.15) is 5.10 Å². The van der Waals surface area contributed by atoms with Crippen LogP contribution in [0.1, 0.15) is 35.8 Å². The molecule has 9 nitrogen and oxygen atoms in total. The fourth-order valence-corrected chi connectivity index (χ4v) is 2.71. The number of rotatable bonds is 8. The molecular formula is C17H19ClN4O5. The van der Waals surface area contributed by atoms with Crippen LogP contribution in [0, 0.1) is 17.0 Å². The van der Waals surface area contributed by atoms with Crippen molar-refractivity contribution in [3.63, 3.8) is 0 Å². The first-order valence-electron chi connectivity index (χ1n) is 8.28. The van der Waals surface area contributed by atoms with Crippen LogP contribution >= 0.6 is 11.6 Å². The van der Waals surface area contributed by atoms with E-state index in [1.807, 2.05) is 6.92 Å². The van der Waals surface area contributed by atoms with Crippen molar-refractivity contribution in [2.24, 2.45) is 0 Å². The van der Waals surface area contributed by atoms with E-state index in [1.165, 1.54) is 22.9 Å². The van der Waals surface area contributed by atoms with E-state index in [0.29, 0.717) is 12.2 Å². The summed E-state index contributed by atoms with van der Waals surface area (Å²) in [6.45, 7) is 3.61. The number of para-hydroxylation sites is 2. The molecule has 1 aromatic heterocycles. The summed E-state index contributed by atoms with van der Waals surface area (Å²) >= 11 is 6.19. The number of nitro benzene ring substituents is 1. The summed E-state index contributed by atoms with van der Waals surface area (Å²) in [5.74, 6) is -1.48. The highest BCUT2D eigenvalue weighted by molar-refractivity contribution is 6.32. The first-order chi connectivity index (χ1) is 12.8. The van der Waals surface area contributed by atoms with Crippen molar-refractivity contribution in [3.8, 4) is 0 Å². The topological polar surface area (TPSA) is 116 Å². The quantitative estimate of drug-likeness (QED) is 0.417. The monoisotopic (exact) mass is 394 g/mol. The zero-order chi connectivity index (χ0) is 20.0. The van der Waals surface area contributed by atoms with Gasteiger partial charge in [-0.3, -0.25) is 19.6 Å². The Morgan fingerprint density at radius 1 is 1.37 bits per heavy atom. The number of carbonyl (C=O) groups excluding carboxylic acids is 2. The lowest BCUT2D eigenvalue weighted by Gasteiger charge is -2.07. The van der Waals surface area contributed by atoms with Crippen molar-refractivity contribution in [1.29, 1.82) is 0 Å². The number of hydrogen-bond donors (Lipinski definition) is 1. The number of esters is 1. The average Bonchev–Trinajstić information content (AvgIpc) is 2.91. The number of amides is 1. The van der Waals surface area contributed by atoms with E-state index < -0.39 is 23.4 Å². The summed E-state index contributed by atoms with van der Waals surface area (Å²) in [6, 6.07) is 5.67. The van der Waals surface area contributed by atoms with Gasteiger partial charge in [-0.05, 0) is 19.4 Å². The minimum Gasteiger partial charge on any atom is -0.452 e. The van der Waals surface area contributed by atoms with E-state index in [0.717, 1.165) is 12.8 Å². The maximum absolute atomic E-state index is 12.3. The van der Waals surface area contributed by atoms with Gasteiger partial charge in [0.25, 0.3) is 11.6 Å². The smallest absolute Gasteiger partial charge is 0.343 e. The largest absolute Gasteiger partial charge is 0.452 e. The molecule has 1 heterocycles. The number of halogens is 1. The summed E-state index contributed by atoms with van der Waals surface area (Å²) < 4.78 is 6.50. The molecule has 2 aromatic rings. The first-order valence-corrected chi connectivity index (χ1v) is 8.66. The van der Waals surface area contributed by atoms with Gasteiger partial charge in [0.05, 0.1) is 10.6 Å². The SMILES string of the molecule is CCCCn1nc(C)c(C(=O)OCC(=O)Nc2ccccc2[N+](=O)[O-])c1Cl. The van der Waals surface area contributed by atoms with Crippen molar-refractivity contribution in [2.45, 2.75) is 33.2 Å². The Morgan fingerprint density at radius 3 is 2.74 bits per heavy atom. The van der Waals surface area contributed by atoms with E-state index in [9.17, 15) is 19.7 Å². The lowest BCUT2D eigenvalue weighted by Crippen LogP contribution is -2.21. The Kier molecular flexibility index (Phi) is 6.89. The maximum atomic E-state index is 12.3. The number of nitrogens with zero attached hydrogens (tertiary/aromatic N) is 3. The summed E-state index contributed by atoms with van der Waals surface area (Å²) in [5.41, 5.74) is 0.268. The molecule has 0 aliphatic rings. The Labute approximate surface area is 160 Å². The van der Waals surface area contributed by atoms with Crippen molar-refractivity contribution in [2.75, 3.05) is 11.9 Å². The lowest BCUT2D eigenvalue weighted by molar-refractivity contribution is -0.383. The van der Waals surface area contributed by atoms with Gasteiger partial charge in [-0.1, -0.05) is 37.1 Å². The third-order valence-corrected chi connectivity index (χ3v) is 4.09. The number of carbonyl (C=O) groups is 2. The van der Waals surface area contributed by atoms with E-state index >= 15 is 0 Å². The van der Waals surface area contributed by atoms with Crippen LogP contribution in [0.5, 0.6) is 0 Å². The highest BCUT2D eigenvalue weighted by atomic mass is 35.5. The standard InChI is InChI=1S/C17H19ClN4O5/c1-3-4-9-21-16(18)15(11(2)20-21)17(24)27-10-14(23)19-12-7-5-6-8-13(12)22(25)26/h5-8H,3-4,9-10H2,1-2H3,(H,19,23). The second-order valence-electron chi connectivity index (χ2n) is 5.73. The Bertz CT molecular complexity index is 865. The normalized spacial score (nSPS) is 10.5. The molecule has 1 aromatic carbocycles. The van der Waals surface area contributed by atoms with Crippen LogP contribution in [0.25, 0.3) is 0 Å². The number of nitrogens with one attached hydrogen (secondary N) is 1. The van der Waals surface area contributed by atoms with Crippen LogP contribution in [-0.2, 0) is 16.1 Å². The highest BCUT2D eigenvalue weighted by Gasteiger charge is 2.23. The number of nitro groups is 1. The molecule has 0 atom stereocenters. The third-order valence-electron chi connectivity index (χ3n) is 3.70. The average molecular weight is 395 g/mol. The number of anilines is 1. The first kappa shape index (κ1) is 20.4. The van der Waals surface area contributed by atoms with Gasteiger partial charge in [0.15, 0.2) is 6.61 Å². The minimum atomic E-state index is -0.780. The molecule has 0 radical (unpaired) electrons. The molecule has 0 saturated carbocycles. The van der Waals surface area contributed by atoms with E-state index in [1.54, 1.807) is 13.0 Å². The number of aromatic nitrogens is 2. The van der Waals surface area contributed by atoms with Crippen LogP contribution in [0.4, 0.5) is 11.4 Å². The molecule has 27 heavy (non-hydrogen) atoms. The molecule has 1 amide bonds. The second-order valence-corrected chi connectivity index (χ2v) is 6.08. The highest BCUT2D eigenvalue weighted by Crippen LogP contribution is 2.23. The van der Waals surface area contributed by atoms with Gasteiger partial charge in [-0.15, -0.1) is 0 Å². The zero-order valence-corrected chi connectivity index (χ0v) is 15.7. The number of hydrogen-bond acceptors (Lipinski definition) is 6. The molecule has 0 aliphatic heterocycles. The van der Waals surface area contributed by atoms with Crippen LogP contribution in [-0.4, -0.2) is 33.2 Å². The molecule has 1 N–H and O–H groups in total. The summed E-state index contributed by atoms with van der Waals surface area (Å²) in [6.07, 6.45) is 1.80. The predicted molar refractivity (Wildman–Crippen MR) is 98.9 cm³/mol. The van der Waals surface area contributed by atoms with Crippen molar-refractivity contribution in [3.05, 3.63) is 50.8 Å². The molecule has 0 unspecified atom stereocenters. The zero-order valence-electron chi connectivity index (χ0n) is 14.9. The number of benzene rings is 1. The Balaban J connectivity index is 2.01. The van der Waals surface area contributed by atoms with Crippen molar-refractivity contribution >= 4 is 34.9 Å². The summed E-state index contributed by atoms with van der Waals surface area (Å²) in [7, 11) is 0. The van der Waals surface area contributed by atoms with Crippen molar-refractivity contribution < 1.29 is 19.2 Å². The van der Waals surface area contributed by atoms with Crippen LogP contribution < -0.4 is 5.32 Å². The Hall–Kier alpha value is -2.94. The lowest BCUT2D eigenvalue weighted by atomic mass is 10.2. The molecule has 2 rings (SSSR count). The molecule has 0 fully saturated rings. The van der Waals surface area contributed by atoms with Crippen molar-refractivity contribution in [1.82, 2.24) is 9.78 Å². The van der Waals surface area contributed by atoms with Gasteiger partial charge < -0.3 is 10.1 Å². The van der Waals surface area contributed by atoms with Gasteiger partial charge in [0.2, 0.25) is 0 Å². The molecule has 0 bridgehead atoms. The van der Waals surface area contributed by atoms with Gasteiger partial charge in [-0.25, -0.2) is 4.79 Å². The van der Waals surface area contributed by atoms with Gasteiger partial charge in [0.1, 0.15) is 16.4 Å². The molecule has 144 valence electrons. The Morgan fingerprint density at radius 2 is 2.07 bits per heavy atom. The predicted octanol–water partition coefficient (Wildman–Crippen LogP) is 3.35. The second kappa shape index (κ2) is 9.13. The molecule has 0 saturated heterocycles. The van der Waals surface area contributed by atoms with Gasteiger partial charge in [0, 0.05) is 12.6 Å². The molecular weight excluding hydrogens is 376 g/mol. The summed E-state index contributed by atoms with van der Waals surface area (Å²) in [4.78, 5) is 34.6. The van der Waals surface area contributed by atoms with Crippen LogP contribution in [0.15, 0.2) is 24.3 Å². The van der Waals surface area contributed by atoms with Crippen LogP contribution in [0.3, 0.4) is 0 Å². The van der Waals surface area contributed by atoms with Crippen LogP contribution in [0.2, 0.25) is 5.15 Å². The fraction of sp³-hybridized carbons (Fsp3) is 0.353. The van der Waals surface area contributed by atoms with E-state index in [4.69, 9.17) is 16.3 Å². The fourth-order valence-electron chi connectivity index (χ4n) is 2.37. The maximum Gasteiger partial charge on any atom is 0.343 e. The third kappa shape index (κ3) is 5.04. The van der Waals surface area contributed by atoms with Gasteiger partial charge >= 0.3 is 5.97 Å². The van der Waals surface area contributed by atoms with E-state index in [-0.39, 0.29) is 22.1 Å². The van der Waals surface area contributed by atoms with E-state index in [2.05, 4.69) is 10.4 Å². The minimum absolute atomic E-state index is 0.0187. The summed E-state index contributed by atoms with van der Waals surface area (Å²) in [5, 5.41) is 17.7. The number of aryl methyl sites for hydroxylation is 2. The molecule has 10 heteroatoms. The molecule has 0 spiro atoms. The number of ether oxygens (including phenoxy) is 1.